The van der Waals surface area contributed by atoms with Crippen LogP contribution in [0.25, 0.3) is 0 Å². The minimum absolute atomic E-state index is 0.0373. The van der Waals surface area contributed by atoms with Gasteiger partial charge in [-0.25, -0.2) is 0 Å². The minimum atomic E-state index is -0.639. The first-order chi connectivity index (χ1) is 13.0. The SMILES string of the molecule is CCCC#CC(O)C1Cc2cc(O)ccc2[C@H]2CC[C@]3(C)[C@@H](O)CC[C@H]3[C@H]12. The van der Waals surface area contributed by atoms with Crippen LogP contribution in [0.3, 0.4) is 0 Å². The van der Waals surface area contributed by atoms with E-state index in [0.29, 0.717) is 23.5 Å². The van der Waals surface area contributed by atoms with Crippen molar-refractivity contribution in [2.75, 3.05) is 0 Å². The molecule has 2 unspecified atom stereocenters. The van der Waals surface area contributed by atoms with Gasteiger partial charge < -0.3 is 15.3 Å². The lowest BCUT2D eigenvalue weighted by molar-refractivity contribution is -0.0536. The van der Waals surface area contributed by atoms with Crippen LogP contribution in [0.4, 0.5) is 0 Å². The van der Waals surface area contributed by atoms with E-state index >= 15 is 0 Å². The average Bonchev–Trinajstić information content (AvgIpc) is 2.95. The number of rotatable bonds is 2. The number of phenols is 1. The van der Waals surface area contributed by atoms with Crippen LogP contribution < -0.4 is 0 Å². The third kappa shape index (κ3) is 3.08. The van der Waals surface area contributed by atoms with Crippen LogP contribution in [-0.4, -0.2) is 27.5 Å². The zero-order valence-corrected chi connectivity index (χ0v) is 16.5. The monoisotopic (exact) mass is 368 g/mol. The number of benzene rings is 1. The smallest absolute Gasteiger partial charge is 0.118 e. The van der Waals surface area contributed by atoms with E-state index in [1.807, 2.05) is 6.07 Å². The topological polar surface area (TPSA) is 60.7 Å². The van der Waals surface area contributed by atoms with Crippen molar-refractivity contribution in [3.63, 3.8) is 0 Å². The molecular formula is C24H32O3. The molecule has 3 aliphatic rings. The van der Waals surface area contributed by atoms with Crippen LogP contribution in [0.2, 0.25) is 0 Å². The maximum Gasteiger partial charge on any atom is 0.118 e. The Morgan fingerprint density at radius 3 is 2.85 bits per heavy atom. The number of hydrogen-bond donors (Lipinski definition) is 3. The van der Waals surface area contributed by atoms with Crippen molar-refractivity contribution in [1.29, 1.82) is 0 Å². The largest absolute Gasteiger partial charge is 0.508 e. The van der Waals surface area contributed by atoms with E-state index in [0.717, 1.165) is 44.9 Å². The number of fused-ring (bicyclic) bond motifs is 5. The van der Waals surface area contributed by atoms with Crippen molar-refractivity contribution < 1.29 is 15.3 Å². The molecule has 146 valence electrons. The molecule has 3 nitrogen and oxygen atoms in total. The van der Waals surface area contributed by atoms with E-state index < -0.39 is 6.10 Å². The standard InChI is InChI=1S/C24H32O3/c1-3-4-5-6-21(26)19-14-15-13-16(25)7-8-17(15)18-11-12-24(2)20(23(18)19)9-10-22(24)27/h7-8,13,18-23,25-27H,3-4,9-12,14H2,1-2H3/t18-,19?,20+,21?,22+,23+,24+/m1/s1. The Bertz CT molecular complexity index is 761. The van der Waals surface area contributed by atoms with E-state index in [9.17, 15) is 15.3 Å². The fourth-order valence-electron chi connectivity index (χ4n) is 6.38. The third-order valence-electron chi connectivity index (χ3n) is 7.79. The highest BCUT2D eigenvalue weighted by atomic mass is 16.3. The Morgan fingerprint density at radius 1 is 1.26 bits per heavy atom. The molecule has 0 aromatic heterocycles. The van der Waals surface area contributed by atoms with Gasteiger partial charge in [0.25, 0.3) is 0 Å². The number of aliphatic hydroxyl groups is 2. The minimum Gasteiger partial charge on any atom is -0.508 e. The van der Waals surface area contributed by atoms with Gasteiger partial charge in [0.2, 0.25) is 0 Å². The lowest BCUT2D eigenvalue weighted by Crippen LogP contribution is -2.49. The number of aliphatic hydroxyl groups excluding tert-OH is 2. The summed E-state index contributed by atoms with van der Waals surface area (Å²) in [6.07, 6.45) is 5.69. The van der Waals surface area contributed by atoms with Gasteiger partial charge in [0.05, 0.1) is 6.10 Å². The lowest BCUT2D eigenvalue weighted by Gasteiger charge is -2.53. The summed E-state index contributed by atoms with van der Waals surface area (Å²) in [4.78, 5) is 0. The number of unbranched alkanes of at least 4 members (excludes halogenated alkanes) is 1. The molecule has 3 N–H and O–H groups in total. The van der Waals surface area contributed by atoms with E-state index in [1.54, 1.807) is 6.07 Å². The van der Waals surface area contributed by atoms with Gasteiger partial charge in [0.1, 0.15) is 11.9 Å². The molecule has 3 aliphatic carbocycles. The Hall–Kier alpha value is -1.50. The van der Waals surface area contributed by atoms with Gasteiger partial charge in [0.15, 0.2) is 0 Å². The Morgan fingerprint density at radius 2 is 2.07 bits per heavy atom. The van der Waals surface area contributed by atoms with Gasteiger partial charge in [-0.3, -0.25) is 0 Å². The fraction of sp³-hybridized carbons (Fsp3) is 0.667. The maximum atomic E-state index is 11.0. The van der Waals surface area contributed by atoms with Crippen LogP contribution in [0.1, 0.15) is 69.4 Å². The Kier molecular flexibility index (Phi) is 4.99. The van der Waals surface area contributed by atoms with Crippen LogP contribution in [0.5, 0.6) is 5.75 Å². The first-order valence-corrected chi connectivity index (χ1v) is 10.6. The highest BCUT2D eigenvalue weighted by Crippen LogP contribution is 2.62. The molecule has 3 heteroatoms. The maximum absolute atomic E-state index is 11.0. The van der Waals surface area contributed by atoms with Crippen LogP contribution in [-0.2, 0) is 6.42 Å². The molecule has 0 bridgehead atoms. The summed E-state index contributed by atoms with van der Waals surface area (Å²) in [5, 5.41) is 31.7. The van der Waals surface area contributed by atoms with E-state index in [-0.39, 0.29) is 17.4 Å². The van der Waals surface area contributed by atoms with Gasteiger partial charge in [-0.05, 0) is 85.0 Å². The summed E-state index contributed by atoms with van der Waals surface area (Å²) in [5.41, 5.74) is 2.47. The molecule has 2 saturated carbocycles. The molecule has 0 radical (unpaired) electrons. The second-order valence-electron chi connectivity index (χ2n) is 9.20. The predicted octanol–water partition coefficient (Wildman–Crippen LogP) is 4.00. The van der Waals surface area contributed by atoms with E-state index in [1.165, 1.54) is 11.1 Å². The van der Waals surface area contributed by atoms with Gasteiger partial charge in [-0.2, -0.15) is 0 Å². The molecule has 1 aromatic rings. The Balaban J connectivity index is 1.74. The van der Waals surface area contributed by atoms with Gasteiger partial charge in [-0.15, -0.1) is 5.92 Å². The van der Waals surface area contributed by atoms with Crippen LogP contribution >= 0.6 is 0 Å². The molecule has 0 saturated heterocycles. The molecule has 27 heavy (non-hydrogen) atoms. The fourth-order valence-corrected chi connectivity index (χ4v) is 6.38. The van der Waals surface area contributed by atoms with Crippen LogP contribution in [0.15, 0.2) is 18.2 Å². The van der Waals surface area contributed by atoms with Crippen molar-refractivity contribution in [3.05, 3.63) is 29.3 Å². The third-order valence-corrected chi connectivity index (χ3v) is 7.79. The highest BCUT2D eigenvalue weighted by Gasteiger charge is 2.57. The van der Waals surface area contributed by atoms with Crippen molar-refractivity contribution in [3.8, 4) is 17.6 Å². The summed E-state index contributed by atoms with van der Waals surface area (Å²) in [5.74, 6) is 7.81. The molecule has 0 spiro atoms. The second kappa shape index (κ2) is 7.15. The molecule has 0 amide bonds. The zero-order chi connectivity index (χ0) is 19.2. The number of phenolic OH excluding ortho intramolecular Hbond substituents is 1. The first kappa shape index (κ1) is 18.8. The number of aromatic hydroxyl groups is 1. The summed E-state index contributed by atoms with van der Waals surface area (Å²) in [6.45, 7) is 4.35. The van der Waals surface area contributed by atoms with Gasteiger partial charge in [-0.1, -0.05) is 25.8 Å². The van der Waals surface area contributed by atoms with Crippen molar-refractivity contribution in [2.45, 2.75) is 76.9 Å². The summed E-state index contributed by atoms with van der Waals surface area (Å²) in [7, 11) is 0. The van der Waals surface area contributed by atoms with E-state index in [4.69, 9.17) is 0 Å². The van der Waals surface area contributed by atoms with Crippen LogP contribution in [0, 0.1) is 35.0 Å². The predicted molar refractivity (Wildman–Crippen MR) is 106 cm³/mol. The molecule has 2 fully saturated rings. The van der Waals surface area contributed by atoms with Gasteiger partial charge in [0, 0.05) is 12.3 Å². The zero-order valence-electron chi connectivity index (χ0n) is 16.5. The molecule has 0 aliphatic heterocycles. The average molecular weight is 369 g/mol. The lowest BCUT2D eigenvalue weighted by atomic mass is 9.52. The summed E-state index contributed by atoms with van der Waals surface area (Å²) < 4.78 is 0. The number of hydrogen-bond acceptors (Lipinski definition) is 3. The van der Waals surface area contributed by atoms with Gasteiger partial charge >= 0.3 is 0 Å². The molecule has 7 atom stereocenters. The van der Waals surface area contributed by atoms with E-state index in [2.05, 4.69) is 31.8 Å². The Labute approximate surface area is 162 Å². The molecular weight excluding hydrogens is 336 g/mol. The first-order valence-electron chi connectivity index (χ1n) is 10.6. The quantitative estimate of drug-likeness (QED) is 0.692. The van der Waals surface area contributed by atoms with Crippen molar-refractivity contribution in [2.24, 2.45) is 23.2 Å². The highest BCUT2D eigenvalue weighted by molar-refractivity contribution is 5.41. The van der Waals surface area contributed by atoms with Crippen molar-refractivity contribution >= 4 is 0 Å². The normalized spacial score (nSPS) is 38.1. The second-order valence-corrected chi connectivity index (χ2v) is 9.20. The molecule has 4 rings (SSSR count). The van der Waals surface area contributed by atoms with Crippen molar-refractivity contribution in [1.82, 2.24) is 0 Å². The molecule has 1 aromatic carbocycles. The molecule has 0 heterocycles. The summed E-state index contributed by atoms with van der Waals surface area (Å²) in [6, 6.07) is 5.76. The summed E-state index contributed by atoms with van der Waals surface area (Å²) >= 11 is 0.